The quantitative estimate of drug-likeness (QED) is 0.148. The molecule has 0 aliphatic carbocycles. The van der Waals surface area contributed by atoms with Gasteiger partial charge in [-0.05, 0) is 60.1 Å². The molecule has 0 heteroatoms. The van der Waals surface area contributed by atoms with Gasteiger partial charge in [-0.3, -0.25) is 0 Å². The van der Waals surface area contributed by atoms with Crippen LogP contribution in [0.5, 0.6) is 0 Å². The van der Waals surface area contributed by atoms with Crippen molar-refractivity contribution in [1.29, 1.82) is 0 Å². The third kappa shape index (κ3) is 12.5. The van der Waals surface area contributed by atoms with E-state index in [0.717, 1.165) is 0 Å². The molecule has 2 rings (SSSR count). The zero-order valence-corrected chi connectivity index (χ0v) is 23.9. The van der Waals surface area contributed by atoms with E-state index in [-0.39, 0.29) is 0 Å². The van der Waals surface area contributed by atoms with Gasteiger partial charge in [-0.15, -0.1) is 0 Å². The topological polar surface area (TPSA) is 0 Å². The van der Waals surface area contributed by atoms with E-state index in [4.69, 9.17) is 0 Å². The summed E-state index contributed by atoms with van der Waals surface area (Å²) in [5.74, 6) is 0. The summed E-state index contributed by atoms with van der Waals surface area (Å²) < 4.78 is 0. The third-order valence-electron chi connectivity index (χ3n) is 8.13. The minimum Gasteiger partial charge on any atom is -0.0654 e. The Morgan fingerprint density at radius 2 is 0.914 bits per heavy atom. The minimum atomic E-state index is 1.26. The molecule has 0 fully saturated rings. The van der Waals surface area contributed by atoms with Crippen molar-refractivity contribution in [2.75, 3.05) is 0 Å². The van der Waals surface area contributed by atoms with E-state index in [1.54, 1.807) is 16.7 Å². The molecule has 2 aromatic carbocycles. The molecule has 0 N–H and O–H groups in total. The molecule has 0 unspecified atom stereocenters. The Morgan fingerprint density at radius 3 is 1.43 bits per heavy atom. The largest absolute Gasteiger partial charge is 0.0654 e. The van der Waals surface area contributed by atoms with Crippen LogP contribution >= 0.6 is 0 Å². The van der Waals surface area contributed by atoms with Gasteiger partial charge in [0.05, 0.1) is 0 Å². The fourth-order valence-corrected chi connectivity index (χ4v) is 5.76. The van der Waals surface area contributed by atoms with Crippen molar-refractivity contribution in [1.82, 2.24) is 0 Å². The molecular weight excluding hydrogens is 420 g/mol. The standard InChI is InChI=1S/C35H58/c1-4-6-8-10-12-14-16-18-20-22-26-32-30-33-27-24-25-29-35(33)34(31(32)3)28-23-21-19-17-15-13-11-9-7-5-2/h24-25,27,29-30H,4-23,26,28H2,1-3H3. The molecule has 198 valence electrons. The van der Waals surface area contributed by atoms with E-state index in [1.807, 2.05) is 0 Å². The summed E-state index contributed by atoms with van der Waals surface area (Å²) in [4.78, 5) is 0. The number of fused-ring (bicyclic) bond motifs is 1. The predicted molar refractivity (Wildman–Crippen MR) is 160 cm³/mol. The maximum Gasteiger partial charge on any atom is -0.0149 e. The highest BCUT2D eigenvalue weighted by Crippen LogP contribution is 2.29. The first kappa shape index (κ1) is 29.9. The maximum atomic E-state index is 2.50. The van der Waals surface area contributed by atoms with Gasteiger partial charge in [0.15, 0.2) is 0 Å². The number of hydrogen-bond acceptors (Lipinski definition) is 0. The summed E-state index contributed by atoms with van der Waals surface area (Å²) in [7, 11) is 0. The molecule has 0 saturated heterocycles. The SMILES string of the molecule is CCCCCCCCCCCCc1cc2ccccc2c(CCCCCCCCCCCC)c1C. The van der Waals surface area contributed by atoms with E-state index in [1.165, 1.54) is 152 Å². The van der Waals surface area contributed by atoms with Gasteiger partial charge in [0.1, 0.15) is 0 Å². The van der Waals surface area contributed by atoms with Crippen molar-refractivity contribution in [2.24, 2.45) is 0 Å². The lowest BCUT2D eigenvalue weighted by molar-refractivity contribution is 0.555. The summed E-state index contributed by atoms with van der Waals surface area (Å²) in [6.07, 6.45) is 30.9. The highest BCUT2D eigenvalue weighted by Gasteiger charge is 2.10. The Hall–Kier alpha value is -1.30. The van der Waals surface area contributed by atoms with Gasteiger partial charge in [-0.2, -0.15) is 0 Å². The first-order chi connectivity index (χ1) is 17.3. The van der Waals surface area contributed by atoms with E-state index < -0.39 is 0 Å². The molecular formula is C35H58. The van der Waals surface area contributed by atoms with Crippen molar-refractivity contribution < 1.29 is 0 Å². The van der Waals surface area contributed by atoms with Gasteiger partial charge < -0.3 is 0 Å². The molecule has 0 nitrogen and oxygen atoms in total. The number of hydrogen-bond donors (Lipinski definition) is 0. The van der Waals surface area contributed by atoms with Crippen molar-refractivity contribution >= 4 is 10.8 Å². The number of unbranched alkanes of at least 4 members (excludes halogenated alkanes) is 18. The van der Waals surface area contributed by atoms with Crippen molar-refractivity contribution in [3.63, 3.8) is 0 Å². The number of rotatable bonds is 22. The molecule has 0 aliphatic heterocycles. The molecule has 0 aliphatic rings. The van der Waals surface area contributed by atoms with Crippen molar-refractivity contribution in [3.05, 3.63) is 47.0 Å². The second kappa shape index (κ2) is 19.8. The molecule has 0 heterocycles. The molecule has 2 aromatic rings. The highest BCUT2D eigenvalue weighted by molar-refractivity contribution is 5.87. The molecule has 35 heavy (non-hydrogen) atoms. The normalized spacial score (nSPS) is 11.5. The summed E-state index contributed by atoms with van der Waals surface area (Å²) in [6.45, 7) is 7.01. The average molecular weight is 479 g/mol. The fraction of sp³-hybridized carbons (Fsp3) is 0.714. The van der Waals surface area contributed by atoms with Crippen LogP contribution in [0.2, 0.25) is 0 Å². The van der Waals surface area contributed by atoms with E-state index in [0.29, 0.717) is 0 Å². The molecule has 0 saturated carbocycles. The molecule has 0 spiro atoms. The Kier molecular flexibility index (Phi) is 17.0. The second-order valence-electron chi connectivity index (χ2n) is 11.2. The van der Waals surface area contributed by atoms with Crippen LogP contribution in [0, 0.1) is 6.92 Å². The van der Waals surface area contributed by atoms with Crippen LogP contribution in [0.3, 0.4) is 0 Å². The summed E-state index contributed by atoms with van der Waals surface area (Å²) in [5.41, 5.74) is 4.85. The zero-order valence-electron chi connectivity index (χ0n) is 23.9. The molecule has 0 atom stereocenters. The second-order valence-corrected chi connectivity index (χ2v) is 11.2. The lowest BCUT2D eigenvalue weighted by Gasteiger charge is -2.16. The monoisotopic (exact) mass is 478 g/mol. The molecule has 0 aromatic heterocycles. The number of aryl methyl sites for hydroxylation is 2. The molecule has 0 bridgehead atoms. The van der Waals surface area contributed by atoms with Gasteiger partial charge in [-0.25, -0.2) is 0 Å². The zero-order chi connectivity index (χ0) is 25.0. The van der Waals surface area contributed by atoms with Crippen LogP contribution in [0.1, 0.15) is 159 Å². The van der Waals surface area contributed by atoms with E-state index >= 15 is 0 Å². The Bertz CT molecular complexity index is 771. The fourth-order valence-electron chi connectivity index (χ4n) is 5.76. The first-order valence-corrected chi connectivity index (χ1v) is 15.8. The van der Waals surface area contributed by atoms with Crippen molar-refractivity contribution in [3.8, 4) is 0 Å². The van der Waals surface area contributed by atoms with E-state index in [2.05, 4.69) is 51.1 Å². The predicted octanol–water partition coefficient (Wildman–Crippen LogP) is 12.1. The number of benzene rings is 2. The molecule has 0 radical (unpaired) electrons. The van der Waals surface area contributed by atoms with Gasteiger partial charge in [0.25, 0.3) is 0 Å². The van der Waals surface area contributed by atoms with Gasteiger partial charge in [0, 0.05) is 0 Å². The van der Waals surface area contributed by atoms with Gasteiger partial charge >= 0.3 is 0 Å². The summed E-state index contributed by atoms with van der Waals surface area (Å²) in [5, 5.41) is 2.97. The smallest absolute Gasteiger partial charge is 0.0149 e. The van der Waals surface area contributed by atoms with Crippen LogP contribution in [-0.2, 0) is 12.8 Å². The van der Waals surface area contributed by atoms with Crippen LogP contribution < -0.4 is 0 Å². The molecule has 0 amide bonds. The Morgan fingerprint density at radius 1 is 0.486 bits per heavy atom. The average Bonchev–Trinajstić information content (AvgIpc) is 2.87. The van der Waals surface area contributed by atoms with Crippen LogP contribution in [-0.4, -0.2) is 0 Å². The summed E-state index contributed by atoms with van der Waals surface area (Å²) >= 11 is 0. The lowest BCUT2D eigenvalue weighted by atomic mass is 9.89. The van der Waals surface area contributed by atoms with Gasteiger partial charge in [0.2, 0.25) is 0 Å². The first-order valence-electron chi connectivity index (χ1n) is 15.8. The minimum absolute atomic E-state index is 1.26. The third-order valence-corrected chi connectivity index (χ3v) is 8.13. The Balaban J connectivity index is 1.73. The van der Waals surface area contributed by atoms with Crippen LogP contribution in [0.4, 0.5) is 0 Å². The van der Waals surface area contributed by atoms with Crippen LogP contribution in [0.15, 0.2) is 30.3 Å². The van der Waals surface area contributed by atoms with Gasteiger partial charge in [-0.1, -0.05) is 160 Å². The van der Waals surface area contributed by atoms with Crippen LogP contribution in [0.25, 0.3) is 10.8 Å². The Labute approximate surface area is 219 Å². The lowest BCUT2D eigenvalue weighted by Crippen LogP contribution is -1.99. The van der Waals surface area contributed by atoms with Crippen molar-refractivity contribution in [2.45, 2.75) is 162 Å². The maximum absolute atomic E-state index is 2.50. The summed E-state index contributed by atoms with van der Waals surface area (Å²) in [6, 6.07) is 11.6. The highest BCUT2D eigenvalue weighted by atomic mass is 14.1. The van der Waals surface area contributed by atoms with E-state index in [9.17, 15) is 0 Å².